The molecule has 1 unspecified atom stereocenters. The Labute approximate surface area is 140 Å². The zero-order valence-corrected chi connectivity index (χ0v) is 13.2. The van der Waals surface area contributed by atoms with Gasteiger partial charge in [0.1, 0.15) is 17.2 Å². The summed E-state index contributed by atoms with van der Waals surface area (Å²) in [5.74, 6) is -4.24. The molecule has 2 aliphatic carbocycles. The third-order valence-electron chi connectivity index (χ3n) is 3.90. The smallest absolute Gasteiger partial charge is 0.426 e. The van der Waals surface area contributed by atoms with Crippen molar-refractivity contribution in [3.05, 3.63) is 34.9 Å². The van der Waals surface area contributed by atoms with Gasteiger partial charge in [-0.05, 0) is 31.4 Å². The number of rotatable bonds is 5. The van der Waals surface area contributed by atoms with Crippen molar-refractivity contribution in [2.75, 3.05) is 0 Å². The molecule has 0 aromatic heterocycles. The van der Waals surface area contributed by atoms with Gasteiger partial charge >= 0.3 is 12.1 Å². The summed E-state index contributed by atoms with van der Waals surface area (Å²) in [4.78, 5) is 15.6. The van der Waals surface area contributed by atoms with E-state index in [-0.39, 0.29) is 24.3 Å². The summed E-state index contributed by atoms with van der Waals surface area (Å²) >= 11 is 0. The molecule has 138 valence electrons. The zero-order valence-electron chi connectivity index (χ0n) is 13.2. The summed E-state index contributed by atoms with van der Waals surface area (Å²) in [6, 6.07) is -0.0819. The second-order valence-corrected chi connectivity index (χ2v) is 5.88. The van der Waals surface area contributed by atoms with Crippen LogP contribution in [0.5, 0.6) is 0 Å². The molecule has 9 heteroatoms. The van der Waals surface area contributed by atoms with Crippen LogP contribution < -0.4 is 0 Å². The van der Waals surface area contributed by atoms with E-state index in [0.29, 0.717) is 6.08 Å². The Morgan fingerprint density at radius 3 is 2.36 bits per heavy atom. The van der Waals surface area contributed by atoms with E-state index >= 15 is 0 Å². The van der Waals surface area contributed by atoms with Crippen LogP contribution >= 0.6 is 0 Å². The van der Waals surface area contributed by atoms with Crippen LogP contribution in [0.15, 0.2) is 39.9 Å². The molecule has 0 aromatic carbocycles. The molecule has 1 saturated carbocycles. The Morgan fingerprint density at radius 1 is 1.36 bits per heavy atom. The molecule has 25 heavy (non-hydrogen) atoms. The van der Waals surface area contributed by atoms with Crippen LogP contribution in [0, 0.1) is 0 Å². The van der Waals surface area contributed by atoms with E-state index in [4.69, 9.17) is 0 Å². The topological polar surface area (TPSA) is 69.9 Å². The predicted octanol–water partition coefficient (Wildman–Crippen LogP) is 4.35. The highest BCUT2D eigenvalue weighted by Gasteiger charge is 2.56. The van der Waals surface area contributed by atoms with Gasteiger partial charge in [-0.15, -0.1) is 0 Å². The minimum atomic E-state index is -5.33. The van der Waals surface area contributed by atoms with Gasteiger partial charge in [-0.3, -0.25) is 4.99 Å². The van der Waals surface area contributed by atoms with Gasteiger partial charge in [0, 0.05) is 12.0 Å². The second-order valence-electron chi connectivity index (χ2n) is 5.88. The van der Waals surface area contributed by atoms with Crippen molar-refractivity contribution in [1.82, 2.24) is 0 Å². The summed E-state index contributed by atoms with van der Waals surface area (Å²) in [5, 5.41) is 19.5. The van der Waals surface area contributed by atoms with Crippen molar-refractivity contribution in [2.45, 2.75) is 50.5 Å². The van der Waals surface area contributed by atoms with E-state index in [0.717, 1.165) is 12.8 Å². The SMILES string of the molecule is CCC(=NC1CC1)C(C(=O)O)=C(O)C1=C(F)CC(F)(C(F)(F)F)C=C1. The van der Waals surface area contributed by atoms with Crippen LogP contribution in [0.4, 0.5) is 22.0 Å². The maximum atomic E-state index is 14.1. The first-order valence-electron chi connectivity index (χ1n) is 7.57. The quantitative estimate of drug-likeness (QED) is 0.329. The maximum Gasteiger partial charge on any atom is 0.426 e. The average Bonchev–Trinajstić information content (AvgIpc) is 3.28. The molecule has 1 atom stereocenters. The molecule has 2 aliphatic rings. The predicted molar refractivity (Wildman–Crippen MR) is 79.8 cm³/mol. The molecule has 0 spiro atoms. The average molecular weight is 365 g/mol. The van der Waals surface area contributed by atoms with Crippen molar-refractivity contribution in [2.24, 2.45) is 4.99 Å². The van der Waals surface area contributed by atoms with Gasteiger partial charge in [0.05, 0.1) is 11.8 Å². The first-order valence-corrected chi connectivity index (χ1v) is 7.57. The molecule has 0 saturated heterocycles. The minimum Gasteiger partial charge on any atom is -0.506 e. The van der Waals surface area contributed by atoms with Gasteiger partial charge in [-0.25, -0.2) is 13.6 Å². The summed E-state index contributed by atoms with van der Waals surface area (Å²) in [5.41, 5.74) is -5.37. The number of hydrogen-bond acceptors (Lipinski definition) is 3. The highest BCUT2D eigenvalue weighted by Crippen LogP contribution is 2.44. The fraction of sp³-hybridized carbons (Fsp3) is 0.500. The molecular weight excluding hydrogens is 349 g/mol. The van der Waals surface area contributed by atoms with Gasteiger partial charge in [-0.1, -0.05) is 6.92 Å². The molecule has 0 amide bonds. The molecule has 2 rings (SSSR count). The maximum absolute atomic E-state index is 14.1. The first kappa shape index (κ1) is 19.1. The number of aliphatic hydroxyl groups is 1. The van der Waals surface area contributed by atoms with E-state index in [1.165, 1.54) is 0 Å². The number of halogens is 5. The number of carboxylic acids is 1. The van der Waals surface area contributed by atoms with Crippen LogP contribution in [0.1, 0.15) is 32.6 Å². The lowest BCUT2D eigenvalue weighted by atomic mass is 9.90. The van der Waals surface area contributed by atoms with Crippen molar-refractivity contribution < 1.29 is 37.0 Å². The summed E-state index contributed by atoms with van der Waals surface area (Å²) in [6.45, 7) is 1.58. The second kappa shape index (κ2) is 6.61. The Hall–Kier alpha value is -2.19. The Morgan fingerprint density at radius 2 is 1.96 bits per heavy atom. The van der Waals surface area contributed by atoms with Crippen molar-refractivity contribution in [1.29, 1.82) is 0 Å². The molecule has 4 nitrogen and oxygen atoms in total. The normalized spacial score (nSPS) is 25.9. The number of nitrogens with zero attached hydrogens (tertiary/aromatic N) is 1. The lowest BCUT2D eigenvalue weighted by Crippen LogP contribution is -2.40. The number of alkyl halides is 4. The molecule has 2 N–H and O–H groups in total. The van der Waals surface area contributed by atoms with Gasteiger partial charge in [-0.2, -0.15) is 13.2 Å². The number of aliphatic carboxylic acids is 1. The molecule has 0 aliphatic heterocycles. The van der Waals surface area contributed by atoms with E-state index in [1.54, 1.807) is 6.92 Å². The first-order chi connectivity index (χ1) is 11.5. The summed E-state index contributed by atoms with van der Waals surface area (Å²) in [7, 11) is 0. The zero-order chi connectivity index (χ0) is 19.0. The summed E-state index contributed by atoms with van der Waals surface area (Å²) in [6.07, 6.45) is -4.88. The van der Waals surface area contributed by atoms with Crippen molar-refractivity contribution in [3.63, 3.8) is 0 Å². The molecule has 1 fully saturated rings. The minimum absolute atomic E-state index is 0.00843. The van der Waals surface area contributed by atoms with Gasteiger partial charge in [0.15, 0.2) is 0 Å². The summed E-state index contributed by atoms with van der Waals surface area (Å²) < 4.78 is 65.8. The van der Waals surface area contributed by atoms with Crippen LogP contribution in [0.3, 0.4) is 0 Å². The standard InChI is InChI=1S/C16H16F5NO3/c1-2-11(22-8-3-4-8)12(14(24)25)13(23)9-5-6-15(18,7-10(9)17)16(19,20)21/h5-6,8,23H,2-4,7H2,1H3,(H,24,25). The highest BCUT2D eigenvalue weighted by molar-refractivity contribution is 6.20. The number of aliphatic imine (C=N–C) groups is 1. The fourth-order valence-corrected chi connectivity index (χ4v) is 2.34. The van der Waals surface area contributed by atoms with Gasteiger partial charge < -0.3 is 10.2 Å². The lowest BCUT2D eigenvalue weighted by Gasteiger charge is -2.27. The van der Waals surface area contributed by atoms with E-state index in [9.17, 15) is 37.0 Å². The van der Waals surface area contributed by atoms with E-state index in [2.05, 4.69) is 4.99 Å². The Kier molecular flexibility index (Phi) is 5.06. The third-order valence-corrected chi connectivity index (χ3v) is 3.90. The largest absolute Gasteiger partial charge is 0.506 e. The number of carbonyl (C=O) groups is 1. The van der Waals surface area contributed by atoms with Gasteiger partial charge in [0.25, 0.3) is 0 Å². The van der Waals surface area contributed by atoms with Crippen molar-refractivity contribution >= 4 is 11.7 Å². The highest BCUT2D eigenvalue weighted by atomic mass is 19.4. The molecule has 0 radical (unpaired) electrons. The lowest BCUT2D eigenvalue weighted by molar-refractivity contribution is -0.212. The van der Waals surface area contributed by atoms with Gasteiger partial charge in [0.2, 0.25) is 5.67 Å². The van der Waals surface area contributed by atoms with Crippen LogP contribution in [0.2, 0.25) is 0 Å². The fourth-order valence-electron chi connectivity index (χ4n) is 2.34. The number of hydrogen-bond donors (Lipinski definition) is 2. The number of aliphatic hydroxyl groups excluding tert-OH is 1. The Bertz CT molecular complexity index is 701. The number of allylic oxidation sites excluding steroid dienone is 3. The van der Waals surface area contributed by atoms with Crippen molar-refractivity contribution in [3.8, 4) is 0 Å². The van der Waals surface area contributed by atoms with Crippen LogP contribution in [-0.2, 0) is 4.79 Å². The Balaban J connectivity index is 2.47. The number of carboxylic acid groups (broad SMARTS) is 1. The third kappa shape index (κ3) is 3.91. The molecule has 0 aromatic rings. The van der Waals surface area contributed by atoms with Crippen LogP contribution in [-0.4, -0.2) is 39.8 Å². The molecular formula is C16H16F5NO3. The monoisotopic (exact) mass is 365 g/mol. The molecule has 0 heterocycles. The van der Waals surface area contributed by atoms with E-state index in [1.807, 2.05) is 0 Å². The molecule has 0 bridgehead atoms. The van der Waals surface area contributed by atoms with Crippen LogP contribution in [0.25, 0.3) is 0 Å². The van der Waals surface area contributed by atoms with E-state index < -0.39 is 47.0 Å².